The lowest BCUT2D eigenvalue weighted by molar-refractivity contribution is 0.111. The second-order valence-corrected chi connectivity index (χ2v) is 2.33. The van der Waals surface area contributed by atoms with Crippen molar-refractivity contribution in [3.8, 4) is 6.07 Å². The number of hydrogen-bond donors (Lipinski definition) is 0. The Morgan fingerprint density at radius 2 is 2.21 bits per heavy atom. The van der Waals surface area contributed by atoms with Crippen LogP contribution >= 0.6 is 0 Å². The summed E-state index contributed by atoms with van der Waals surface area (Å²) < 4.78 is 37.2. The van der Waals surface area contributed by atoms with Gasteiger partial charge in [0.1, 0.15) is 17.5 Å². The third-order valence-electron chi connectivity index (χ3n) is 1.46. The first-order valence-corrected chi connectivity index (χ1v) is 3.44. The van der Waals surface area contributed by atoms with Crippen molar-refractivity contribution in [1.82, 2.24) is 4.98 Å². The molecular formula is C8H3F3N2O. The largest absolute Gasteiger partial charge is 0.298 e. The molecule has 0 aliphatic rings. The summed E-state index contributed by atoms with van der Waals surface area (Å²) in [7, 11) is 0. The molecule has 0 atom stereocenters. The zero-order valence-corrected chi connectivity index (χ0v) is 6.67. The molecule has 1 heterocycles. The third-order valence-corrected chi connectivity index (χ3v) is 1.46. The number of rotatable bonds is 2. The lowest BCUT2D eigenvalue weighted by atomic mass is 10.2. The second-order valence-electron chi connectivity index (χ2n) is 2.33. The summed E-state index contributed by atoms with van der Waals surface area (Å²) in [5.74, 6) is -1.38. The van der Waals surface area contributed by atoms with Crippen LogP contribution in [-0.4, -0.2) is 11.3 Å². The smallest absolute Gasteiger partial charge is 0.283 e. The Hall–Kier alpha value is -1.90. The van der Waals surface area contributed by atoms with Gasteiger partial charge >= 0.3 is 0 Å². The third kappa shape index (κ3) is 1.71. The second kappa shape index (κ2) is 3.87. The number of nitrogens with zero attached hydrogens (tertiary/aromatic N) is 2. The van der Waals surface area contributed by atoms with E-state index < -0.39 is 29.2 Å². The van der Waals surface area contributed by atoms with E-state index in [0.29, 0.717) is 0 Å². The van der Waals surface area contributed by atoms with Crippen LogP contribution in [0.2, 0.25) is 0 Å². The molecule has 6 heteroatoms. The molecule has 1 rings (SSSR count). The molecule has 0 aliphatic heterocycles. The highest BCUT2D eigenvalue weighted by Gasteiger charge is 2.19. The first-order chi connectivity index (χ1) is 6.60. The summed E-state index contributed by atoms with van der Waals surface area (Å²) in [6, 6.07) is 2.27. The van der Waals surface area contributed by atoms with Gasteiger partial charge in [-0.2, -0.15) is 5.26 Å². The number of carbonyl (C=O) groups excluding carboxylic acids is 1. The van der Waals surface area contributed by atoms with Crippen LogP contribution in [0.3, 0.4) is 0 Å². The van der Waals surface area contributed by atoms with Crippen molar-refractivity contribution in [2.24, 2.45) is 0 Å². The van der Waals surface area contributed by atoms with Crippen LogP contribution in [0.1, 0.15) is 28.2 Å². The monoisotopic (exact) mass is 200 g/mol. The Labute approximate surface area is 76.8 Å². The Kier molecular flexibility index (Phi) is 2.82. The number of aldehydes is 1. The number of pyridine rings is 1. The van der Waals surface area contributed by atoms with Crippen LogP contribution in [-0.2, 0) is 0 Å². The molecule has 0 saturated carbocycles. The molecule has 0 bridgehead atoms. The molecule has 0 unspecified atom stereocenters. The average molecular weight is 200 g/mol. The summed E-state index contributed by atoms with van der Waals surface area (Å²) in [5.41, 5.74) is -2.18. The highest BCUT2D eigenvalue weighted by molar-refractivity contribution is 5.75. The zero-order valence-electron chi connectivity index (χ0n) is 6.67. The molecule has 0 saturated heterocycles. The molecule has 1 aromatic heterocycles. The van der Waals surface area contributed by atoms with Gasteiger partial charge in [0.15, 0.2) is 12.1 Å². The first-order valence-electron chi connectivity index (χ1n) is 3.44. The Morgan fingerprint density at radius 3 is 2.64 bits per heavy atom. The van der Waals surface area contributed by atoms with E-state index in [4.69, 9.17) is 5.26 Å². The molecular weight excluding hydrogens is 197 g/mol. The average Bonchev–Trinajstić information content (AvgIpc) is 2.17. The maximum absolute atomic E-state index is 13.0. The normalized spacial score (nSPS) is 9.93. The van der Waals surface area contributed by atoms with E-state index in [2.05, 4.69) is 4.98 Å². The minimum Gasteiger partial charge on any atom is -0.298 e. The van der Waals surface area contributed by atoms with Crippen LogP contribution in [0.25, 0.3) is 0 Å². The topological polar surface area (TPSA) is 53.8 Å². The van der Waals surface area contributed by atoms with Gasteiger partial charge < -0.3 is 0 Å². The highest BCUT2D eigenvalue weighted by Crippen LogP contribution is 2.22. The van der Waals surface area contributed by atoms with Crippen molar-refractivity contribution in [3.05, 3.63) is 28.8 Å². The lowest BCUT2D eigenvalue weighted by Crippen LogP contribution is -2.02. The van der Waals surface area contributed by atoms with Gasteiger partial charge in [-0.05, 0) is 6.07 Å². The van der Waals surface area contributed by atoms with Gasteiger partial charge in [0, 0.05) is 0 Å². The summed E-state index contributed by atoms with van der Waals surface area (Å²) in [5, 5.41) is 8.36. The quantitative estimate of drug-likeness (QED) is 0.684. The van der Waals surface area contributed by atoms with Crippen molar-refractivity contribution in [3.63, 3.8) is 0 Å². The maximum atomic E-state index is 13.0. The van der Waals surface area contributed by atoms with Crippen LogP contribution in [0, 0.1) is 17.1 Å². The van der Waals surface area contributed by atoms with Crippen LogP contribution in [0.4, 0.5) is 13.2 Å². The number of carbonyl (C=O) groups is 1. The van der Waals surface area contributed by atoms with Gasteiger partial charge in [-0.1, -0.05) is 0 Å². The molecule has 0 radical (unpaired) electrons. The molecule has 0 aliphatic carbocycles. The van der Waals surface area contributed by atoms with Gasteiger partial charge in [-0.3, -0.25) is 4.79 Å². The van der Waals surface area contributed by atoms with Gasteiger partial charge in [0.25, 0.3) is 6.43 Å². The predicted octanol–water partition coefficient (Wildman–Crippen LogP) is 1.84. The van der Waals surface area contributed by atoms with E-state index in [0.717, 1.165) is 6.07 Å². The van der Waals surface area contributed by atoms with Crippen molar-refractivity contribution >= 4 is 6.29 Å². The molecule has 1 aromatic rings. The van der Waals surface area contributed by atoms with Crippen LogP contribution < -0.4 is 0 Å². The van der Waals surface area contributed by atoms with E-state index in [1.54, 1.807) is 0 Å². The number of halogens is 3. The summed E-state index contributed by atoms with van der Waals surface area (Å²) in [6.07, 6.45) is -3.09. The predicted molar refractivity (Wildman–Crippen MR) is 39.3 cm³/mol. The molecule has 14 heavy (non-hydrogen) atoms. The van der Waals surface area contributed by atoms with Crippen molar-refractivity contribution < 1.29 is 18.0 Å². The molecule has 72 valence electrons. The van der Waals surface area contributed by atoms with Gasteiger partial charge in [0.05, 0.1) is 5.56 Å². The summed E-state index contributed by atoms with van der Waals surface area (Å²) in [4.78, 5) is 13.3. The number of alkyl halides is 2. The summed E-state index contributed by atoms with van der Waals surface area (Å²) >= 11 is 0. The minimum atomic E-state index is -3.15. The molecule has 0 fully saturated rings. The van der Waals surface area contributed by atoms with Crippen molar-refractivity contribution in [1.29, 1.82) is 5.26 Å². The Bertz CT molecular complexity index is 412. The molecule has 0 amide bonds. The maximum Gasteiger partial charge on any atom is 0.283 e. The van der Waals surface area contributed by atoms with Crippen LogP contribution in [0.5, 0.6) is 0 Å². The van der Waals surface area contributed by atoms with Crippen LogP contribution in [0.15, 0.2) is 6.07 Å². The molecule has 0 spiro atoms. The fraction of sp³-hybridized carbons (Fsp3) is 0.125. The molecule has 0 aromatic carbocycles. The Morgan fingerprint density at radius 1 is 1.57 bits per heavy atom. The highest BCUT2D eigenvalue weighted by atomic mass is 19.3. The fourth-order valence-corrected chi connectivity index (χ4v) is 0.857. The van der Waals surface area contributed by atoms with Gasteiger partial charge in [-0.25, -0.2) is 18.2 Å². The molecule has 3 nitrogen and oxygen atoms in total. The number of hydrogen-bond acceptors (Lipinski definition) is 3. The zero-order chi connectivity index (χ0) is 10.7. The summed E-state index contributed by atoms with van der Waals surface area (Å²) in [6.45, 7) is 0. The fourth-order valence-electron chi connectivity index (χ4n) is 0.857. The number of nitriles is 1. The standard InChI is InChI=1S/C8H3F3N2O/c9-6-4(3-14)1-5(2-12)13-7(6)8(10)11/h1,3,8H. The van der Waals surface area contributed by atoms with E-state index in [1.807, 2.05) is 0 Å². The Balaban J connectivity index is 3.43. The van der Waals surface area contributed by atoms with Crippen molar-refractivity contribution in [2.45, 2.75) is 6.43 Å². The van der Waals surface area contributed by atoms with E-state index in [-0.39, 0.29) is 6.29 Å². The SMILES string of the molecule is N#Cc1cc(C=O)c(F)c(C(F)F)n1. The van der Waals surface area contributed by atoms with Crippen molar-refractivity contribution in [2.75, 3.05) is 0 Å². The van der Waals surface area contributed by atoms with E-state index >= 15 is 0 Å². The first kappa shape index (κ1) is 10.2. The number of aromatic nitrogens is 1. The molecule has 0 N–H and O–H groups in total. The van der Waals surface area contributed by atoms with E-state index in [9.17, 15) is 18.0 Å². The van der Waals surface area contributed by atoms with E-state index in [1.165, 1.54) is 6.07 Å². The minimum absolute atomic E-state index is 0.0593. The van der Waals surface area contributed by atoms with Gasteiger partial charge in [0.2, 0.25) is 0 Å². The lowest BCUT2D eigenvalue weighted by Gasteiger charge is -2.02. The van der Waals surface area contributed by atoms with Gasteiger partial charge in [-0.15, -0.1) is 0 Å².